The quantitative estimate of drug-likeness (QED) is 0.484. The molecule has 212 valence electrons. The zero-order chi connectivity index (χ0) is 29.0. The van der Waals surface area contributed by atoms with E-state index in [9.17, 15) is 9.59 Å². The molecule has 0 aliphatic carbocycles. The third-order valence-electron chi connectivity index (χ3n) is 7.83. The van der Waals surface area contributed by atoms with Gasteiger partial charge >= 0.3 is 0 Å². The summed E-state index contributed by atoms with van der Waals surface area (Å²) in [6.07, 6.45) is 2.67. The van der Waals surface area contributed by atoms with E-state index >= 15 is 0 Å². The SMILES string of the molecule is CN1CCN(C(C)(C)C#Cc2ccc3c(c2)N(C)C(=O)[C@@H](NC(=O)c2cc(Oc4ccccc4)ccn2)CC3)CC1. The normalized spacial score (nSPS) is 18.1. The Bertz CT molecular complexity index is 1470. The summed E-state index contributed by atoms with van der Waals surface area (Å²) < 4.78 is 5.84. The van der Waals surface area contributed by atoms with Crippen molar-refractivity contribution in [3.63, 3.8) is 0 Å². The van der Waals surface area contributed by atoms with Gasteiger partial charge in [0.25, 0.3) is 5.91 Å². The van der Waals surface area contributed by atoms with E-state index in [2.05, 4.69) is 52.8 Å². The van der Waals surface area contributed by atoms with Crippen molar-refractivity contribution in [2.24, 2.45) is 0 Å². The summed E-state index contributed by atoms with van der Waals surface area (Å²) >= 11 is 0. The van der Waals surface area contributed by atoms with Gasteiger partial charge in [-0.15, -0.1) is 0 Å². The molecule has 1 atom stereocenters. The Hall–Kier alpha value is -4.19. The highest BCUT2D eigenvalue weighted by Crippen LogP contribution is 2.28. The van der Waals surface area contributed by atoms with Gasteiger partial charge in [0.1, 0.15) is 23.2 Å². The summed E-state index contributed by atoms with van der Waals surface area (Å²) in [6.45, 7) is 8.39. The molecule has 0 saturated carbocycles. The van der Waals surface area contributed by atoms with Crippen molar-refractivity contribution in [1.29, 1.82) is 0 Å². The van der Waals surface area contributed by atoms with Crippen LogP contribution in [0.3, 0.4) is 0 Å². The average Bonchev–Trinajstić information content (AvgIpc) is 3.09. The molecule has 2 aliphatic heterocycles. The number of aromatic nitrogens is 1. The van der Waals surface area contributed by atoms with E-state index in [1.807, 2.05) is 48.5 Å². The molecule has 1 fully saturated rings. The Kier molecular flexibility index (Phi) is 8.39. The number of carbonyl (C=O) groups is 2. The molecule has 0 spiro atoms. The van der Waals surface area contributed by atoms with Gasteiger partial charge in [-0.1, -0.05) is 36.1 Å². The van der Waals surface area contributed by atoms with Crippen LogP contribution in [0, 0.1) is 11.8 Å². The first-order chi connectivity index (χ1) is 19.7. The molecule has 2 aliphatic rings. The molecule has 1 saturated heterocycles. The molecular weight excluding hydrogens is 514 g/mol. The van der Waals surface area contributed by atoms with E-state index < -0.39 is 11.9 Å². The number of aryl methyl sites for hydroxylation is 1. The number of pyridine rings is 1. The molecule has 3 heterocycles. The van der Waals surface area contributed by atoms with Crippen LogP contribution in [-0.2, 0) is 11.2 Å². The number of amides is 2. The number of anilines is 1. The lowest BCUT2D eigenvalue weighted by atomic mass is 10.0. The fourth-order valence-corrected chi connectivity index (χ4v) is 5.20. The molecule has 1 N–H and O–H groups in total. The maximum atomic E-state index is 13.5. The van der Waals surface area contributed by atoms with Crippen molar-refractivity contribution < 1.29 is 14.3 Å². The van der Waals surface area contributed by atoms with Crippen LogP contribution in [0.5, 0.6) is 11.5 Å². The Labute approximate surface area is 242 Å². The summed E-state index contributed by atoms with van der Waals surface area (Å²) in [4.78, 5) is 37.2. The molecule has 8 heteroatoms. The highest BCUT2D eigenvalue weighted by molar-refractivity contribution is 6.02. The van der Waals surface area contributed by atoms with Gasteiger partial charge in [-0.3, -0.25) is 19.5 Å². The zero-order valence-electron chi connectivity index (χ0n) is 24.2. The van der Waals surface area contributed by atoms with Gasteiger partial charge in [-0.25, -0.2) is 0 Å². The molecule has 0 bridgehead atoms. The number of piperazine rings is 1. The van der Waals surface area contributed by atoms with Crippen molar-refractivity contribution in [3.05, 3.63) is 83.7 Å². The van der Waals surface area contributed by atoms with Crippen LogP contribution in [0.2, 0.25) is 0 Å². The summed E-state index contributed by atoms with van der Waals surface area (Å²) in [5.74, 6) is 7.39. The van der Waals surface area contributed by atoms with Crippen LogP contribution in [0.15, 0.2) is 66.9 Å². The molecule has 5 rings (SSSR count). The lowest BCUT2D eigenvalue weighted by Crippen LogP contribution is -2.53. The maximum Gasteiger partial charge on any atom is 0.270 e. The Balaban J connectivity index is 1.27. The summed E-state index contributed by atoms with van der Waals surface area (Å²) in [5.41, 5.74) is 2.69. The minimum atomic E-state index is -0.675. The predicted octanol–water partition coefficient (Wildman–Crippen LogP) is 3.96. The summed E-state index contributed by atoms with van der Waals surface area (Å²) in [5, 5.41) is 2.90. The lowest BCUT2D eigenvalue weighted by molar-refractivity contribution is -0.120. The second kappa shape index (κ2) is 12.1. The number of para-hydroxylation sites is 1. The number of benzene rings is 2. The minimum Gasteiger partial charge on any atom is -0.457 e. The number of carbonyl (C=O) groups excluding carboxylic acids is 2. The van der Waals surface area contributed by atoms with E-state index in [1.54, 1.807) is 24.1 Å². The minimum absolute atomic E-state index is 0.170. The third kappa shape index (κ3) is 6.76. The first-order valence-electron chi connectivity index (χ1n) is 14.1. The Morgan fingerprint density at radius 1 is 1.00 bits per heavy atom. The van der Waals surface area contributed by atoms with Gasteiger partial charge < -0.3 is 19.9 Å². The molecule has 0 unspecified atom stereocenters. The fourth-order valence-electron chi connectivity index (χ4n) is 5.20. The molecule has 0 radical (unpaired) electrons. The van der Waals surface area contributed by atoms with Gasteiger partial charge in [-0.05, 0) is 69.6 Å². The van der Waals surface area contributed by atoms with Crippen molar-refractivity contribution in [2.75, 3.05) is 45.2 Å². The van der Waals surface area contributed by atoms with Crippen LogP contribution in [-0.4, -0.2) is 78.5 Å². The van der Waals surface area contributed by atoms with Gasteiger partial charge in [0.2, 0.25) is 5.91 Å². The van der Waals surface area contributed by atoms with Crippen molar-refractivity contribution >= 4 is 17.5 Å². The summed E-state index contributed by atoms with van der Waals surface area (Å²) in [6, 6.07) is 18.0. The number of fused-ring (bicyclic) bond motifs is 1. The van der Waals surface area contributed by atoms with Crippen LogP contribution < -0.4 is 15.0 Å². The number of nitrogens with zero attached hydrogens (tertiary/aromatic N) is 4. The first-order valence-corrected chi connectivity index (χ1v) is 14.1. The van der Waals surface area contributed by atoms with E-state index in [0.29, 0.717) is 24.3 Å². The highest BCUT2D eigenvalue weighted by atomic mass is 16.5. The standard InChI is InChI=1S/C33H37N5O3/c1-33(2,38-20-18-36(3)19-21-38)16-14-24-10-11-25-12-13-28(32(40)37(4)30(25)22-24)35-31(39)29-23-27(15-17-34-29)41-26-8-6-5-7-9-26/h5-11,15,17,22-23,28H,12-13,18-21H2,1-4H3,(H,35,39)/t28-/m0/s1. The van der Waals surface area contributed by atoms with Crippen LogP contribution in [0.25, 0.3) is 0 Å². The van der Waals surface area contributed by atoms with E-state index in [-0.39, 0.29) is 17.1 Å². The van der Waals surface area contributed by atoms with Gasteiger partial charge in [0.15, 0.2) is 0 Å². The van der Waals surface area contributed by atoms with Gasteiger partial charge in [0, 0.05) is 56.7 Å². The van der Waals surface area contributed by atoms with Gasteiger partial charge in [0.05, 0.1) is 5.54 Å². The number of likely N-dealkylation sites (N-methyl/N-ethyl adjacent to an activating group) is 2. The second-order valence-corrected chi connectivity index (χ2v) is 11.2. The smallest absolute Gasteiger partial charge is 0.270 e. The molecule has 2 amide bonds. The monoisotopic (exact) mass is 551 g/mol. The maximum absolute atomic E-state index is 13.5. The predicted molar refractivity (Wildman–Crippen MR) is 160 cm³/mol. The van der Waals surface area contributed by atoms with Crippen LogP contribution in [0.1, 0.15) is 41.9 Å². The lowest BCUT2D eigenvalue weighted by Gasteiger charge is -2.40. The number of hydrogen-bond donors (Lipinski definition) is 1. The molecule has 3 aromatic rings. The topological polar surface area (TPSA) is 78.0 Å². The Morgan fingerprint density at radius 2 is 1.76 bits per heavy atom. The molecule has 1 aromatic heterocycles. The van der Waals surface area contributed by atoms with Gasteiger partial charge in [-0.2, -0.15) is 0 Å². The van der Waals surface area contributed by atoms with Crippen LogP contribution in [0.4, 0.5) is 5.69 Å². The number of hydrogen-bond acceptors (Lipinski definition) is 6. The number of nitrogens with one attached hydrogen (secondary N) is 1. The molecule has 8 nitrogen and oxygen atoms in total. The largest absolute Gasteiger partial charge is 0.457 e. The van der Waals surface area contributed by atoms with Crippen molar-refractivity contribution in [2.45, 2.75) is 38.3 Å². The Morgan fingerprint density at radius 3 is 2.51 bits per heavy atom. The average molecular weight is 552 g/mol. The molecule has 2 aromatic carbocycles. The second-order valence-electron chi connectivity index (χ2n) is 11.2. The zero-order valence-corrected chi connectivity index (χ0v) is 24.2. The van der Waals surface area contributed by atoms with Crippen molar-refractivity contribution in [1.82, 2.24) is 20.1 Å². The fraction of sp³-hybridized carbons (Fsp3) is 0.364. The first kappa shape index (κ1) is 28.3. The van der Waals surface area contributed by atoms with Crippen LogP contribution >= 0.6 is 0 Å². The van der Waals surface area contributed by atoms with Crippen molar-refractivity contribution in [3.8, 4) is 23.3 Å². The van der Waals surface area contributed by atoms with E-state index in [4.69, 9.17) is 4.74 Å². The highest BCUT2D eigenvalue weighted by Gasteiger charge is 2.30. The molecular formula is C33H37N5O3. The summed E-state index contributed by atoms with van der Waals surface area (Å²) in [7, 11) is 3.90. The number of rotatable bonds is 5. The van der Waals surface area contributed by atoms with E-state index in [0.717, 1.165) is 43.0 Å². The third-order valence-corrected chi connectivity index (χ3v) is 7.83. The number of ether oxygens (including phenoxy) is 1. The van der Waals surface area contributed by atoms with E-state index in [1.165, 1.54) is 6.20 Å². The molecule has 41 heavy (non-hydrogen) atoms.